The number of thioether (sulfide) groups is 1. The second kappa shape index (κ2) is 2.07. The van der Waals surface area contributed by atoms with E-state index in [4.69, 9.17) is 0 Å². The molecule has 62 valence electrons. The number of rotatable bonds is 0. The fraction of sp³-hybridized carbons (Fsp3) is 0.800. The molecule has 0 amide bonds. The van der Waals surface area contributed by atoms with Gasteiger partial charge in [-0.05, 0) is 18.3 Å². The van der Waals surface area contributed by atoms with Gasteiger partial charge >= 0.3 is 0 Å². The molecule has 0 radical (unpaired) electrons. The van der Waals surface area contributed by atoms with E-state index >= 15 is 0 Å². The Hall–Kier alpha value is 0.0900. The van der Waals surface area contributed by atoms with Crippen LogP contribution in [-0.4, -0.2) is 10.00 Å². The van der Waals surface area contributed by atoms with Gasteiger partial charge in [0.15, 0.2) is 0 Å². The molecule has 2 atom stereocenters. The number of hydrogen-bond donors (Lipinski definition) is 0. The maximum Gasteiger partial charge on any atom is 0.0394 e. The molecule has 0 aromatic rings. The number of hydrogen-bond acceptors (Lipinski definition) is 1. The summed E-state index contributed by atoms with van der Waals surface area (Å²) in [5.41, 5.74) is 0.444. The van der Waals surface area contributed by atoms with Crippen LogP contribution in [0.5, 0.6) is 0 Å². The third-order valence-corrected chi connectivity index (χ3v) is 5.08. The molecule has 2 unspecified atom stereocenters. The first-order chi connectivity index (χ1) is 5.04. The van der Waals surface area contributed by atoms with Crippen LogP contribution in [0, 0.1) is 5.41 Å². The van der Waals surface area contributed by atoms with Gasteiger partial charge in [0.2, 0.25) is 0 Å². The molecule has 1 fully saturated rings. The molecule has 2 heterocycles. The largest absolute Gasteiger partial charge is 0.143 e. The third kappa shape index (κ3) is 0.970. The summed E-state index contributed by atoms with van der Waals surface area (Å²) in [6.07, 6.45) is 7.64. The molecule has 2 aliphatic rings. The Bertz CT molecular complexity index is 199. The highest BCUT2D eigenvalue weighted by Crippen LogP contribution is 2.58. The van der Waals surface area contributed by atoms with Crippen molar-refractivity contribution in [2.24, 2.45) is 5.41 Å². The quantitative estimate of drug-likeness (QED) is 0.500. The maximum atomic E-state index is 2.45. The van der Waals surface area contributed by atoms with Gasteiger partial charge in [-0.25, -0.2) is 0 Å². The van der Waals surface area contributed by atoms with Crippen LogP contribution in [0.2, 0.25) is 0 Å². The minimum atomic E-state index is 0.444. The first kappa shape index (κ1) is 7.72. The summed E-state index contributed by atoms with van der Waals surface area (Å²) in [7, 11) is 0. The molecule has 0 aromatic heterocycles. The molecule has 0 aliphatic carbocycles. The van der Waals surface area contributed by atoms with Gasteiger partial charge in [0.1, 0.15) is 0 Å². The highest BCUT2D eigenvalue weighted by molar-refractivity contribution is 8.02. The van der Waals surface area contributed by atoms with Crippen LogP contribution in [0.4, 0.5) is 0 Å². The summed E-state index contributed by atoms with van der Waals surface area (Å²) in [4.78, 5) is 0. The average Bonchev–Trinajstić information content (AvgIpc) is 2.42. The summed E-state index contributed by atoms with van der Waals surface area (Å²) in [6, 6.07) is 0. The van der Waals surface area contributed by atoms with E-state index in [0.717, 1.165) is 5.25 Å². The van der Waals surface area contributed by atoms with Gasteiger partial charge in [-0.15, -0.1) is 11.8 Å². The molecule has 2 aliphatic heterocycles. The van der Waals surface area contributed by atoms with Crippen molar-refractivity contribution in [3.05, 3.63) is 12.2 Å². The minimum absolute atomic E-state index is 0.444. The molecule has 0 spiro atoms. The first-order valence-corrected chi connectivity index (χ1v) is 5.29. The molecule has 0 aromatic carbocycles. The van der Waals surface area contributed by atoms with Gasteiger partial charge < -0.3 is 0 Å². The van der Waals surface area contributed by atoms with Crippen molar-refractivity contribution in [2.45, 2.75) is 43.6 Å². The Morgan fingerprint density at radius 2 is 2.18 bits per heavy atom. The molecule has 2 rings (SSSR count). The zero-order valence-corrected chi connectivity index (χ0v) is 8.37. The lowest BCUT2D eigenvalue weighted by atomic mass is 9.75. The summed E-state index contributed by atoms with van der Waals surface area (Å²) >= 11 is 2.17. The van der Waals surface area contributed by atoms with Crippen molar-refractivity contribution in [3.63, 3.8) is 0 Å². The van der Waals surface area contributed by atoms with Crippen LogP contribution in [0.15, 0.2) is 12.2 Å². The SMILES string of the molecule is CC(C)(C)C12C=CC(CC1)S2. The standard InChI is InChI=1S/C10H16S/c1-9(2,3)10-6-4-8(11-10)5-7-10/h4,6,8H,5,7H2,1-3H3. The molecule has 1 saturated heterocycles. The zero-order valence-electron chi connectivity index (χ0n) is 7.55. The van der Waals surface area contributed by atoms with Crippen molar-refractivity contribution in [3.8, 4) is 0 Å². The number of fused-ring (bicyclic) bond motifs is 2. The van der Waals surface area contributed by atoms with E-state index in [9.17, 15) is 0 Å². The van der Waals surface area contributed by atoms with E-state index in [1.807, 2.05) is 0 Å². The highest BCUT2D eigenvalue weighted by Gasteiger charge is 2.48. The molecular formula is C10H16S. The molecule has 0 N–H and O–H groups in total. The van der Waals surface area contributed by atoms with E-state index < -0.39 is 0 Å². The molecule has 2 bridgehead atoms. The predicted octanol–water partition coefficient (Wildman–Crippen LogP) is 3.24. The Morgan fingerprint density at radius 1 is 1.45 bits per heavy atom. The normalized spacial score (nSPS) is 41.9. The van der Waals surface area contributed by atoms with E-state index in [1.165, 1.54) is 12.8 Å². The first-order valence-electron chi connectivity index (χ1n) is 4.41. The highest BCUT2D eigenvalue weighted by atomic mass is 32.2. The second-order valence-corrected chi connectivity index (χ2v) is 6.26. The van der Waals surface area contributed by atoms with Crippen molar-refractivity contribution in [2.75, 3.05) is 0 Å². The molecule has 11 heavy (non-hydrogen) atoms. The monoisotopic (exact) mass is 168 g/mol. The van der Waals surface area contributed by atoms with E-state index in [1.54, 1.807) is 0 Å². The van der Waals surface area contributed by atoms with E-state index in [2.05, 4.69) is 44.7 Å². The van der Waals surface area contributed by atoms with Gasteiger partial charge in [-0.2, -0.15) is 0 Å². The molecular weight excluding hydrogens is 152 g/mol. The Kier molecular flexibility index (Phi) is 1.45. The topological polar surface area (TPSA) is 0 Å². The van der Waals surface area contributed by atoms with Crippen LogP contribution in [0.1, 0.15) is 33.6 Å². The van der Waals surface area contributed by atoms with Crippen molar-refractivity contribution >= 4 is 11.8 Å². The van der Waals surface area contributed by atoms with Crippen LogP contribution < -0.4 is 0 Å². The van der Waals surface area contributed by atoms with Crippen molar-refractivity contribution < 1.29 is 0 Å². The van der Waals surface area contributed by atoms with E-state index in [0.29, 0.717) is 10.2 Å². The fourth-order valence-electron chi connectivity index (χ4n) is 2.07. The molecule has 1 heteroatoms. The Labute approximate surface area is 73.4 Å². The van der Waals surface area contributed by atoms with Crippen LogP contribution >= 0.6 is 11.8 Å². The van der Waals surface area contributed by atoms with E-state index in [-0.39, 0.29) is 0 Å². The van der Waals surface area contributed by atoms with Crippen LogP contribution in [-0.2, 0) is 0 Å². The zero-order chi connectivity index (χ0) is 8.11. The molecule has 0 nitrogen and oxygen atoms in total. The summed E-state index contributed by atoms with van der Waals surface area (Å²) < 4.78 is 0.484. The van der Waals surface area contributed by atoms with Crippen molar-refractivity contribution in [1.29, 1.82) is 0 Å². The maximum absolute atomic E-state index is 2.45. The Morgan fingerprint density at radius 3 is 2.36 bits per heavy atom. The fourth-order valence-corrected chi connectivity index (χ4v) is 3.75. The second-order valence-electron chi connectivity index (χ2n) is 4.69. The van der Waals surface area contributed by atoms with Gasteiger partial charge in [-0.1, -0.05) is 32.9 Å². The third-order valence-electron chi connectivity index (χ3n) is 3.01. The lowest BCUT2D eigenvalue weighted by Crippen LogP contribution is -2.34. The average molecular weight is 168 g/mol. The lowest BCUT2D eigenvalue weighted by Gasteiger charge is -2.37. The van der Waals surface area contributed by atoms with Crippen LogP contribution in [0.25, 0.3) is 0 Å². The van der Waals surface area contributed by atoms with Gasteiger partial charge in [0.25, 0.3) is 0 Å². The smallest absolute Gasteiger partial charge is 0.0394 e. The molecule has 0 saturated carbocycles. The lowest BCUT2D eigenvalue weighted by molar-refractivity contribution is 0.317. The van der Waals surface area contributed by atoms with Gasteiger partial charge in [0.05, 0.1) is 0 Å². The van der Waals surface area contributed by atoms with Crippen LogP contribution in [0.3, 0.4) is 0 Å². The minimum Gasteiger partial charge on any atom is -0.143 e. The Balaban J connectivity index is 2.31. The van der Waals surface area contributed by atoms with Gasteiger partial charge in [-0.3, -0.25) is 0 Å². The summed E-state index contributed by atoms with van der Waals surface area (Å²) in [5.74, 6) is 0. The summed E-state index contributed by atoms with van der Waals surface area (Å²) in [5, 5.41) is 0.842. The summed E-state index contributed by atoms with van der Waals surface area (Å²) in [6.45, 7) is 7.08. The predicted molar refractivity (Wildman–Crippen MR) is 51.9 cm³/mol. The van der Waals surface area contributed by atoms with Crippen molar-refractivity contribution in [1.82, 2.24) is 0 Å². The van der Waals surface area contributed by atoms with Gasteiger partial charge in [0, 0.05) is 10.00 Å².